The molecule has 0 aromatic heterocycles. The molecular weight excluding hydrogens is 305 g/mol. The molecule has 2 rings (SSSR count). The summed E-state index contributed by atoms with van der Waals surface area (Å²) in [6.45, 7) is 0.937. The summed E-state index contributed by atoms with van der Waals surface area (Å²) in [5.74, 6) is -1.58. The van der Waals surface area contributed by atoms with Crippen LogP contribution in [0.15, 0.2) is 24.3 Å². The average Bonchev–Trinajstić information content (AvgIpc) is 2.49. The third kappa shape index (κ3) is 4.94. The Morgan fingerprint density at radius 3 is 2.74 bits per heavy atom. The molecule has 0 bridgehead atoms. The molecule has 0 atom stereocenters. The number of piperazine rings is 1. The smallest absolute Gasteiger partial charge is 0.317 e. The van der Waals surface area contributed by atoms with E-state index in [9.17, 15) is 18.8 Å². The number of rotatable bonds is 5. The summed E-state index contributed by atoms with van der Waals surface area (Å²) < 4.78 is 13.2. The molecule has 0 unspecified atom stereocenters. The highest BCUT2D eigenvalue weighted by molar-refractivity contribution is 5.85. The summed E-state index contributed by atoms with van der Waals surface area (Å²) >= 11 is 0. The molecule has 1 aromatic rings. The quantitative estimate of drug-likeness (QED) is 0.833. The molecule has 0 radical (unpaired) electrons. The first-order chi connectivity index (χ1) is 11.0. The van der Waals surface area contributed by atoms with Gasteiger partial charge in [-0.1, -0.05) is 12.1 Å². The van der Waals surface area contributed by atoms with Gasteiger partial charge in [-0.05, 0) is 17.7 Å². The molecule has 0 spiro atoms. The number of carboxylic acid groups (broad SMARTS) is 1. The van der Waals surface area contributed by atoms with Crippen LogP contribution in [0.2, 0.25) is 0 Å². The minimum Gasteiger partial charge on any atom is -0.481 e. The summed E-state index contributed by atoms with van der Waals surface area (Å²) in [5.41, 5.74) is 0.692. The Hall–Kier alpha value is -2.64. The van der Waals surface area contributed by atoms with Crippen molar-refractivity contribution < 1.29 is 23.9 Å². The van der Waals surface area contributed by atoms with Crippen LogP contribution < -0.4 is 5.32 Å². The van der Waals surface area contributed by atoms with Gasteiger partial charge in [-0.3, -0.25) is 9.59 Å². The van der Waals surface area contributed by atoms with Crippen molar-refractivity contribution in [2.45, 2.75) is 13.0 Å². The van der Waals surface area contributed by atoms with Crippen LogP contribution in [0.1, 0.15) is 12.0 Å². The zero-order chi connectivity index (χ0) is 16.8. The highest BCUT2D eigenvalue weighted by atomic mass is 19.1. The number of aliphatic carboxylic acids is 1. The summed E-state index contributed by atoms with van der Waals surface area (Å²) in [6, 6.07) is 5.58. The molecule has 124 valence electrons. The van der Waals surface area contributed by atoms with Crippen LogP contribution in [0.3, 0.4) is 0 Å². The van der Waals surface area contributed by atoms with E-state index in [1.807, 2.05) is 0 Å². The van der Waals surface area contributed by atoms with Crippen LogP contribution in [0.4, 0.5) is 9.18 Å². The number of carbonyl (C=O) groups excluding carboxylic acids is 2. The molecule has 1 aromatic carbocycles. The first-order valence-electron chi connectivity index (χ1n) is 7.22. The van der Waals surface area contributed by atoms with Crippen molar-refractivity contribution >= 4 is 17.9 Å². The summed E-state index contributed by atoms with van der Waals surface area (Å²) in [6.07, 6.45) is -0.167. The number of nitrogens with zero attached hydrogens (tertiary/aromatic N) is 2. The highest BCUT2D eigenvalue weighted by Gasteiger charge is 2.27. The molecular formula is C15H18FN3O4. The summed E-state index contributed by atoms with van der Waals surface area (Å²) in [5, 5.41) is 11.0. The van der Waals surface area contributed by atoms with Crippen LogP contribution in [0.25, 0.3) is 0 Å². The molecule has 0 saturated carbocycles. The Morgan fingerprint density at radius 1 is 1.30 bits per heavy atom. The standard InChI is InChI=1S/C15H18FN3O4/c16-12-3-1-2-11(8-12)9-18-6-7-19(10-13(18)20)15(23)17-5-4-14(21)22/h1-3,8H,4-7,9-10H2,(H,17,23)(H,21,22). The van der Waals surface area contributed by atoms with Gasteiger partial charge in [0.2, 0.25) is 5.91 Å². The molecule has 7 nitrogen and oxygen atoms in total. The van der Waals surface area contributed by atoms with Gasteiger partial charge in [0.15, 0.2) is 0 Å². The van der Waals surface area contributed by atoms with Crippen LogP contribution in [0.5, 0.6) is 0 Å². The Morgan fingerprint density at radius 2 is 2.09 bits per heavy atom. The second-order valence-corrected chi connectivity index (χ2v) is 5.24. The van der Waals surface area contributed by atoms with E-state index in [0.29, 0.717) is 25.2 Å². The molecule has 1 heterocycles. The molecule has 1 saturated heterocycles. The Kier molecular flexibility index (Phi) is 5.51. The lowest BCUT2D eigenvalue weighted by atomic mass is 10.2. The number of benzene rings is 1. The maximum absolute atomic E-state index is 13.2. The lowest BCUT2D eigenvalue weighted by Crippen LogP contribution is -2.54. The molecule has 1 aliphatic rings. The van der Waals surface area contributed by atoms with Crippen molar-refractivity contribution in [2.75, 3.05) is 26.2 Å². The third-order valence-electron chi connectivity index (χ3n) is 3.48. The fraction of sp³-hybridized carbons (Fsp3) is 0.400. The minimum atomic E-state index is -0.999. The number of amides is 3. The zero-order valence-electron chi connectivity index (χ0n) is 12.5. The van der Waals surface area contributed by atoms with E-state index in [1.165, 1.54) is 17.0 Å². The first kappa shape index (κ1) is 16.7. The third-order valence-corrected chi connectivity index (χ3v) is 3.48. The van der Waals surface area contributed by atoms with E-state index in [0.717, 1.165) is 0 Å². The van der Waals surface area contributed by atoms with Crippen molar-refractivity contribution in [1.82, 2.24) is 15.1 Å². The van der Waals surface area contributed by atoms with Gasteiger partial charge >= 0.3 is 12.0 Å². The van der Waals surface area contributed by atoms with Crippen LogP contribution in [0, 0.1) is 5.82 Å². The predicted molar refractivity (Wildman–Crippen MR) is 79.0 cm³/mol. The Labute approximate surface area is 132 Å². The molecule has 8 heteroatoms. The van der Waals surface area contributed by atoms with Crippen molar-refractivity contribution in [2.24, 2.45) is 0 Å². The summed E-state index contributed by atoms with van der Waals surface area (Å²) in [4.78, 5) is 37.2. The van der Waals surface area contributed by atoms with Gasteiger partial charge in [-0.15, -0.1) is 0 Å². The molecule has 1 fully saturated rings. The van der Waals surface area contributed by atoms with Crippen LogP contribution >= 0.6 is 0 Å². The fourth-order valence-electron chi connectivity index (χ4n) is 2.29. The van der Waals surface area contributed by atoms with Gasteiger partial charge in [0, 0.05) is 26.2 Å². The lowest BCUT2D eigenvalue weighted by molar-refractivity contribution is -0.137. The average molecular weight is 323 g/mol. The van der Waals surface area contributed by atoms with Crippen molar-refractivity contribution in [1.29, 1.82) is 0 Å². The maximum Gasteiger partial charge on any atom is 0.317 e. The van der Waals surface area contributed by atoms with E-state index >= 15 is 0 Å². The number of halogens is 1. The molecule has 2 N–H and O–H groups in total. The number of carboxylic acids is 1. The van der Waals surface area contributed by atoms with Crippen molar-refractivity contribution in [3.8, 4) is 0 Å². The molecule has 3 amide bonds. The second kappa shape index (κ2) is 7.57. The van der Waals surface area contributed by atoms with Gasteiger partial charge < -0.3 is 20.2 Å². The number of carbonyl (C=O) groups is 3. The second-order valence-electron chi connectivity index (χ2n) is 5.24. The Balaban J connectivity index is 1.83. The van der Waals surface area contributed by atoms with E-state index in [1.54, 1.807) is 17.0 Å². The largest absolute Gasteiger partial charge is 0.481 e. The number of urea groups is 1. The van der Waals surface area contributed by atoms with Crippen molar-refractivity contribution in [3.05, 3.63) is 35.6 Å². The Bertz CT molecular complexity index is 608. The normalized spacial score (nSPS) is 14.7. The van der Waals surface area contributed by atoms with E-state index in [2.05, 4.69) is 5.32 Å². The maximum atomic E-state index is 13.2. The van der Waals surface area contributed by atoms with Crippen LogP contribution in [-0.4, -0.2) is 59.0 Å². The number of hydrogen-bond acceptors (Lipinski definition) is 3. The van der Waals surface area contributed by atoms with Gasteiger partial charge in [0.25, 0.3) is 0 Å². The van der Waals surface area contributed by atoms with E-state index in [4.69, 9.17) is 5.11 Å². The van der Waals surface area contributed by atoms with Gasteiger partial charge in [0.1, 0.15) is 12.4 Å². The first-order valence-corrected chi connectivity index (χ1v) is 7.22. The topological polar surface area (TPSA) is 89.9 Å². The summed E-state index contributed by atoms with van der Waals surface area (Å²) in [7, 11) is 0. The van der Waals surface area contributed by atoms with Gasteiger partial charge in [0.05, 0.1) is 6.42 Å². The van der Waals surface area contributed by atoms with Crippen molar-refractivity contribution in [3.63, 3.8) is 0 Å². The van der Waals surface area contributed by atoms with Crippen LogP contribution in [-0.2, 0) is 16.1 Å². The zero-order valence-corrected chi connectivity index (χ0v) is 12.5. The van der Waals surface area contributed by atoms with Gasteiger partial charge in [-0.2, -0.15) is 0 Å². The van der Waals surface area contributed by atoms with Gasteiger partial charge in [-0.25, -0.2) is 9.18 Å². The molecule has 0 aliphatic carbocycles. The fourth-order valence-corrected chi connectivity index (χ4v) is 2.29. The number of hydrogen-bond donors (Lipinski definition) is 2. The lowest BCUT2D eigenvalue weighted by Gasteiger charge is -2.34. The molecule has 23 heavy (non-hydrogen) atoms. The number of nitrogens with one attached hydrogen (secondary N) is 1. The van der Waals surface area contributed by atoms with E-state index < -0.39 is 12.0 Å². The monoisotopic (exact) mass is 323 g/mol. The SMILES string of the molecule is O=C(O)CCNC(=O)N1CCN(Cc2cccc(F)c2)C(=O)C1. The van der Waals surface area contributed by atoms with E-state index in [-0.39, 0.29) is 31.2 Å². The predicted octanol–water partition coefficient (Wildman–Crippen LogP) is 0.654. The minimum absolute atomic E-state index is 0.0197. The highest BCUT2D eigenvalue weighted by Crippen LogP contribution is 2.11. The molecule has 1 aliphatic heterocycles.